The predicted molar refractivity (Wildman–Crippen MR) is 96.2 cm³/mol. The van der Waals surface area contributed by atoms with Gasteiger partial charge in [-0.3, -0.25) is 9.78 Å². The molecule has 8 heteroatoms. The van der Waals surface area contributed by atoms with Crippen LogP contribution in [-0.4, -0.2) is 32.1 Å². The Labute approximate surface area is 155 Å². The summed E-state index contributed by atoms with van der Waals surface area (Å²) in [7, 11) is 0. The number of carboxylic acid groups (broad SMARTS) is 1. The second-order valence-electron chi connectivity index (χ2n) is 6.20. The predicted octanol–water partition coefficient (Wildman–Crippen LogP) is 2.88. The number of aromatic carboxylic acids is 1. The first-order chi connectivity index (χ1) is 12.9. The molecule has 27 heavy (non-hydrogen) atoms. The molecule has 1 amide bonds. The van der Waals surface area contributed by atoms with E-state index in [0.29, 0.717) is 28.5 Å². The fraction of sp³-hybridized carbons (Fsp3) is 0.211. The summed E-state index contributed by atoms with van der Waals surface area (Å²) >= 11 is 0. The summed E-state index contributed by atoms with van der Waals surface area (Å²) in [6.07, 6.45) is 1.44. The lowest BCUT2D eigenvalue weighted by Crippen LogP contribution is -2.23. The molecule has 0 bridgehead atoms. The first kappa shape index (κ1) is 18.2. The van der Waals surface area contributed by atoms with Crippen LogP contribution in [0, 0.1) is 0 Å². The molecule has 3 aromatic rings. The average molecular weight is 366 g/mol. The van der Waals surface area contributed by atoms with Crippen LogP contribution in [0.5, 0.6) is 0 Å². The molecule has 0 fully saturated rings. The quantitative estimate of drug-likeness (QED) is 0.688. The molecule has 3 rings (SSSR count). The van der Waals surface area contributed by atoms with Gasteiger partial charge < -0.3 is 14.9 Å². The molecule has 1 aromatic carbocycles. The number of hydrogen-bond donors (Lipinski definition) is 2. The average Bonchev–Trinajstić information content (AvgIpc) is 3.16. The van der Waals surface area contributed by atoms with Gasteiger partial charge in [-0.1, -0.05) is 31.1 Å². The van der Waals surface area contributed by atoms with Crippen LogP contribution in [0.2, 0.25) is 0 Å². The molecule has 0 saturated carbocycles. The Balaban J connectivity index is 1.66. The lowest BCUT2D eigenvalue weighted by atomic mass is 10.1. The maximum atomic E-state index is 12.2. The summed E-state index contributed by atoms with van der Waals surface area (Å²) < 4.78 is 5.09. The Morgan fingerprint density at radius 1 is 1.19 bits per heavy atom. The number of carbonyl (C=O) groups excluding carboxylic acids is 1. The van der Waals surface area contributed by atoms with E-state index in [1.807, 2.05) is 13.8 Å². The highest BCUT2D eigenvalue weighted by molar-refractivity contribution is 5.94. The third-order valence-corrected chi connectivity index (χ3v) is 3.82. The van der Waals surface area contributed by atoms with Crippen molar-refractivity contribution < 1.29 is 19.2 Å². The Bertz CT molecular complexity index is 964. The van der Waals surface area contributed by atoms with Crippen LogP contribution in [0.15, 0.2) is 47.1 Å². The van der Waals surface area contributed by atoms with Gasteiger partial charge in [0, 0.05) is 17.7 Å². The van der Waals surface area contributed by atoms with Crippen LogP contribution < -0.4 is 5.32 Å². The first-order valence-electron chi connectivity index (χ1n) is 8.34. The number of nitrogens with one attached hydrogen (secondary N) is 1. The van der Waals surface area contributed by atoms with Crippen molar-refractivity contribution in [3.8, 4) is 11.3 Å². The first-order valence-corrected chi connectivity index (χ1v) is 8.34. The Morgan fingerprint density at radius 2 is 2.00 bits per heavy atom. The second-order valence-corrected chi connectivity index (χ2v) is 6.20. The van der Waals surface area contributed by atoms with Gasteiger partial charge in [0.1, 0.15) is 0 Å². The number of pyridine rings is 1. The highest BCUT2D eigenvalue weighted by Crippen LogP contribution is 2.18. The highest BCUT2D eigenvalue weighted by atomic mass is 16.5. The molecule has 0 aliphatic rings. The van der Waals surface area contributed by atoms with Crippen LogP contribution in [0.3, 0.4) is 0 Å². The Hall–Kier alpha value is -3.55. The fourth-order valence-corrected chi connectivity index (χ4v) is 2.35. The lowest BCUT2D eigenvalue weighted by Gasteiger charge is -2.05. The van der Waals surface area contributed by atoms with Crippen molar-refractivity contribution >= 4 is 11.9 Å². The molecule has 8 nitrogen and oxygen atoms in total. The van der Waals surface area contributed by atoms with E-state index >= 15 is 0 Å². The number of carbonyl (C=O) groups is 2. The molecule has 0 aliphatic carbocycles. The van der Waals surface area contributed by atoms with Gasteiger partial charge in [0.25, 0.3) is 5.91 Å². The van der Waals surface area contributed by atoms with Crippen molar-refractivity contribution in [3.05, 3.63) is 65.4 Å². The zero-order valence-electron chi connectivity index (χ0n) is 14.8. The summed E-state index contributed by atoms with van der Waals surface area (Å²) in [5, 5.41) is 15.6. The van der Waals surface area contributed by atoms with Crippen LogP contribution in [-0.2, 0) is 6.54 Å². The third kappa shape index (κ3) is 4.35. The summed E-state index contributed by atoms with van der Waals surface area (Å²) in [4.78, 5) is 31.7. The van der Waals surface area contributed by atoms with Gasteiger partial charge in [0.2, 0.25) is 5.89 Å². The molecule has 138 valence electrons. The summed E-state index contributed by atoms with van der Waals surface area (Å²) in [5.41, 5.74) is 1.79. The minimum Gasteiger partial charge on any atom is -0.478 e. The summed E-state index contributed by atoms with van der Waals surface area (Å²) in [6.45, 7) is 4.03. The standard InChI is InChI=1S/C19H18N4O4/c1-11(2)18-22-16(23-27-18)10-21-17(24)14-6-7-15(20-9-14)12-4-3-5-13(8-12)19(25)26/h3-9,11H,10H2,1-2H3,(H,21,24)(H,25,26). The maximum absolute atomic E-state index is 12.2. The molecule has 2 N–H and O–H groups in total. The van der Waals surface area contributed by atoms with Gasteiger partial charge in [-0.15, -0.1) is 0 Å². The number of carboxylic acids is 1. The maximum Gasteiger partial charge on any atom is 0.335 e. The lowest BCUT2D eigenvalue weighted by molar-refractivity contribution is 0.0696. The van der Waals surface area contributed by atoms with Gasteiger partial charge >= 0.3 is 5.97 Å². The summed E-state index contributed by atoms with van der Waals surface area (Å²) in [5.74, 6) is -0.270. The van der Waals surface area contributed by atoms with Crippen LogP contribution in [0.1, 0.15) is 52.2 Å². The number of benzene rings is 1. The number of aromatic nitrogens is 3. The third-order valence-electron chi connectivity index (χ3n) is 3.82. The van der Waals surface area contributed by atoms with E-state index in [4.69, 9.17) is 9.63 Å². The monoisotopic (exact) mass is 366 g/mol. The SMILES string of the molecule is CC(C)c1nc(CNC(=O)c2ccc(-c3cccc(C(=O)O)c3)nc2)no1. The zero-order chi connectivity index (χ0) is 19.4. The largest absolute Gasteiger partial charge is 0.478 e. The van der Waals surface area contributed by atoms with E-state index in [9.17, 15) is 9.59 Å². The van der Waals surface area contributed by atoms with Gasteiger partial charge in [-0.05, 0) is 24.3 Å². The number of amides is 1. The van der Waals surface area contributed by atoms with Gasteiger partial charge in [-0.2, -0.15) is 4.98 Å². The van der Waals surface area contributed by atoms with E-state index < -0.39 is 5.97 Å². The molecule has 0 radical (unpaired) electrons. The normalized spacial score (nSPS) is 10.8. The van der Waals surface area contributed by atoms with E-state index in [1.165, 1.54) is 18.3 Å². The van der Waals surface area contributed by atoms with Crippen molar-refractivity contribution in [2.75, 3.05) is 0 Å². The summed E-state index contributed by atoms with van der Waals surface area (Å²) in [6, 6.07) is 9.75. The molecule has 2 aromatic heterocycles. The van der Waals surface area contributed by atoms with Gasteiger partial charge in [-0.25, -0.2) is 4.79 Å². The van der Waals surface area contributed by atoms with Crippen molar-refractivity contribution in [1.82, 2.24) is 20.4 Å². The van der Waals surface area contributed by atoms with Crippen molar-refractivity contribution in [2.24, 2.45) is 0 Å². The number of hydrogen-bond acceptors (Lipinski definition) is 6. The Morgan fingerprint density at radius 3 is 2.63 bits per heavy atom. The minimum atomic E-state index is -1.00. The van der Waals surface area contributed by atoms with E-state index in [0.717, 1.165) is 0 Å². The van der Waals surface area contributed by atoms with E-state index in [2.05, 4.69) is 20.4 Å². The Kier molecular flexibility index (Phi) is 5.25. The second kappa shape index (κ2) is 7.77. The number of nitrogens with zero attached hydrogens (tertiary/aromatic N) is 3. The zero-order valence-corrected chi connectivity index (χ0v) is 14.8. The molecule has 0 spiro atoms. The molecule has 0 atom stereocenters. The van der Waals surface area contributed by atoms with Crippen molar-refractivity contribution in [2.45, 2.75) is 26.3 Å². The van der Waals surface area contributed by atoms with Crippen LogP contribution in [0.25, 0.3) is 11.3 Å². The van der Waals surface area contributed by atoms with Gasteiger partial charge in [0.05, 0.1) is 23.4 Å². The van der Waals surface area contributed by atoms with Crippen LogP contribution >= 0.6 is 0 Å². The van der Waals surface area contributed by atoms with E-state index in [-0.39, 0.29) is 23.9 Å². The van der Waals surface area contributed by atoms with Crippen molar-refractivity contribution in [3.63, 3.8) is 0 Å². The molecule has 0 aliphatic heterocycles. The molecular weight excluding hydrogens is 348 g/mol. The molecular formula is C19H18N4O4. The van der Waals surface area contributed by atoms with Crippen molar-refractivity contribution in [1.29, 1.82) is 0 Å². The fourth-order valence-electron chi connectivity index (χ4n) is 2.35. The van der Waals surface area contributed by atoms with E-state index in [1.54, 1.807) is 24.3 Å². The van der Waals surface area contributed by atoms with Gasteiger partial charge in [0.15, 0.2) is 5.82 Å². The van der Waals surface area contributed by atoms with Crippen LogP contribution in [0.4, 0.5) is 0 Å². The minimum absolute atomic E-state index is 0.123. The molecule has 0 saturated heterocycles. The topological polar surface area (TPSA) is 118 Å². The molecule has 2 heterocycles. The number of rotatable bonds is 6. The highest BCUT2D eigenvalue weighted by Gasteiger charge is 2.12. The smallest absolute Gasteiger partial charge is 0.335 e. The molecule has 0 unspecified atom stereocenters.